The second kappa shape index (κ2) is 4.15. The summed E-state index contributed by atoms with van der Waals surface area (Å²) in [5, 5.41) is 8.78. The number of fused-ring (bicyclic) bond motifs is 6. The van der Waals surface area contributed by atoms with Crippen molar-refractivity contribution in [2.75, 3.05) is 11.4 Å². The summed E-state index contributed by atoms with van der Waals surface area (Å²) in [6.45, 7) is 3.17. The Morgan fingerprint density at radius 3 is 3.15 bits per heavy atom. The molecule has 1 unspecified atom stereocenters. The van der Waals surface area contributed by atoms with Crippen LogP contribution in [0.4, 0.5) is 5.82 Å². The molecular weight excluding hydrogens is 276 g/mol. The number of aromatic nitrogens is 5. The first-order chi connectivity index (χ1) is 9.76. The number of piperidine rings is 1. The standard InChI is InChI=1S/C13H15ClN6/c1-2-13-5-3-4-6-20(13)10-9(7-15-12(14)17-10)19-8-16-18-11(13)19/h7-8H,2-6H2,1H3. The Hall–Kier alpha value is -1.69. The molecular formula is C13H15ClN6. The van der Waals surface area contributed by atoms with Crippen LogP contribution < -0.4 is 4.90 Å². The van der Waals surface area contributed by atoms with Gasteiger partial charge in [0.1, 0.15) is 17.6 Å². The molecule has 1 fully saturated rings. The lowest BCUT2D eigenvalue weighted by molar-refractivity contribution is 0.274. The van der Waals surface area contributed by atoms with Gasteiger partial charge in [-0.3, -0.25) is 4.57 Å². The fraction of sp³-hybridized carbons (Fsp3) is 0.538. The third-order valence-electron chi connectivity index (χ3n) is 4.52. The number of nitrogens with zero attached hydrogens (tertiary/aromatic N) is 6. The van der Waals surface area contributed by atoms with E-state index >= 15 is 0 Å². The molecule has 0 aromatic carbocycles. The van der Waals surface area contributed by atoms with Crippen molar-refractivity contribution in [2.45, 2.75) is 38.1 Å². The molecule has 2 aliphatic rings. The Morgan fingerprint density at radius 2 is 2.30 bits per heavy atom. The highest BCUT2D eigenvalue weighted by molar-refractivity contribution is 6.28. The monoisotopic (exact) mass is 290 g/mol. The first-order valence-electron chi connectivity index (χ1n) is 6.97. The second-order valence-electron chi connectivity index (χ2n) is 5.37. The van der Waals surface area contributed by atoms with Crippen molar-refractivity contribution in [1.82, 2.24) is 24.7 Å². The third-order valence-corrected chi connectivity index (χ3v) is 4.71. The van der Waals surface area contributed by atoms with Gasteiger partial charge >= 0.3 is 0 Å². The van der Waals surface area contributed by atoms with Gasteiger partial charge in [-0.2, -0.15) is 4.98 Å². The van der Waals surface area contributed by atoms with Gasteiger partial charge in [-0.15, -0.1) is 10.2 Å². The zero-order valence-electron chi connectivity index (χ0n) is 11.3. The van der Waals surface area contributed by atoms with E-state index in [4.69, 9.17) is 11.6 Å². The molecule has 0 N–H and O–H groups in total. The van der Waals surface area contributed by atoms with Gasteiger partial charge in [0.05, 0.1) is 6.20 Å². The minimum absolute atomic E-state index is 0.112. The van der Waals surface area contributed by atoms with Crippen molar-refractivity contribution in [3.05, 3.63) is 23.6 Å². The zero-order valence-corrected chi connectivity index (χ0v) is 12.0. The number of anilines is 1. The van der Waals surface area contributed by atoms with Crippen LogP contribution in [0, 0.1) is 0 Å². The molecule has 104 valence electrons. The van der Waals surface area contributed by atoms with Gasteiger partial charge in [-0.05, 0) is 37.3 Å². The Labute approximate surface area is 121 Å². The highest BCUT2D eigenvalue weighted by atomic mass is 35.5. The van der Waals surface area contributed by atoms with Gasteiger partial charge in [0.15, 0.2) is 11.6 Å². The van der Waals surface area contributed by atoms with Gasteiger partial charge in [0.2, 0.25) is 5.28 Å². The molecule has 0 bridgehead atoms. The van der Waals surface area contributed by atoms with Gasteiger partial charge < -0.3 is 4.90 Å². The lowest BCUT2D eigenvalue weighted by Crippen LogP contribution is -2.53. The van der Waals surface area contributed by atoms with Gasteiger partial charge in [0.25, 0.3) is 0 Å². The van der Waals surface area contributed by atoms with Crippen LogP contribution in [0.5, 0.6) is 0 Å². The van der Waals surface area contributed by atoms with Crippen molar-refractivity contribution < 1.29 is 0 Å². The minimum Gasteiger partial charge on any atom is -0.342 e. The van der Waals surface area contributed by atoms with E-state index in [1.165, 1.54) is 6.42 Å². The largest absolute Gasteiger partial charge is 0.342 e. The third kappa shape index (κ3) is 1.40. The highest BCUT2D eigenvalue weighted by Crippen LogP contribution is 2.47. The number of halogens is 1. The summed E-state index contributed by atoms with van der Waals surface area (Å²) in [6.07, 6.45) is 7.92. The molecule has 2 aromatic heterocycles. The van der Waals surface area contributed by atoms with Crippen LogP contribution >= 0.6 is 11.6 Å². The van der Waals surface area contributed by atoms with Crippen LogP contribution in [0.3, 0.4) is 0 Å². The van der Waals surface area contributed by atoms with Crippen molar-refractivity contribution in [2.24, 2.45) is 0 Å². The Bertz CT molecular complexity index is 669. The predicted octanol–water partition coefficient (Wildman–Crippen LogP) is 2.32. The molecule has 4 heterocycles. The Morgan fingerprint density at radius 1 is 1.40 bits per heavy atom. The molecule has 6 nitrogen and oxygen atoms in total. The van der Waals surface area contributed by atoms with E-state index in [-0.39, 0.29) is 10.8 Å². The van der Waals surface area contributed by atoms with Crippen LogP contribution in [0.25, 0.3) is 5.69 Å². The summed E-state index contributed by atoms with van der Waals surface area (Å²) >= 11 is 6.01. The molecule has 0 aliphatic carbocycles. The summed E-state index contributed by atoms with van der Waals surface area (Å²) in [5.41, 5.74) is 0.805. The van der Waals surface area contributed by atoms with E-state index in [2.05, 4.69) is 32.0 Å². The summed E-state index contributed by atoms with van der Waals surface area (Å²) in [6, 6.07) is 0. The van der Waals surface area contributed by atoms with Crippen molar-refractivity contribution in [3.63, 3.8) is 0 Å². The SMILES string of the molecule is CCC12CCCCN1c1nc(Cl)ncc1-n1cnnc12. The van der Waals surface area contributed by atoms with Gasteiger partial charge in [0, 0.05) is 6.54 Å². The Balaban J connectivity index is 2.03. The van der Waals surface area contributed by atoms with Crippen LogP contribution in [-0.4, -0.2) is 31.3 Å². The molecule has 2 aliphatic heterocycles. The number of rotatable bonds is 1. The van der Waals surface area contributed by atoms with E-state index in [1.807, 2.05) is 4.57 Å². The second-order valence-corrected chi connectivity index (χ2v) is 5.70. The lowest BCUT2D eigenvalue weighted by atomic mass is 9.82. The quantitative estimate of drug-likeness (QED) is 0.754. The van der Waals surface area contributed by atoms with E-state index in [9.17, 15) is 0 Å². The van der Waals surface area contributed by atoms with Crippen LogP contribution in [0.2, 0.25) is 5.28 Å². The molecule has 4 rings (SSSR count). The van der Waals surface area contributed by atoms with Gasteiger partial charge in [-0.25, -0.2) is 4.98 Å². The van der Waals surface area contributed by atoms with Crippen molar-refractivity contribution in [3.8, 4) is 5.69 Å². The molecule has 0 saturated carbocycles. The van der Waals surface area contributed by atoms with Crippen molar-refractivity contribution in [1.29, 1.82) is 0 Å². The first kappa shape index (κ1) is 12.1. The zero-order chi connectivity index (χ0) is 13.7. The molecule has 7 heteroatoms. The fourth-order valence-corrected chi connectivity index (χ4v) is 3.67. The molecule has 1 saturated heterocycles. The summed E-state index contributed by atoms with van der Waals surface area (Å²) in [7, 11) is 0. The van der Waals surface area contributed by atoms with E-state index in [1.54, 1.807) is 12.5 Å². The maximum absolute atomic E-state index is 6.01. The van der Waals surface area contributed by atoms with Crippen molar-refractivity contribution >= 4 is 17.4 Å². The maximum atomic E-state index is 6.01. The Kier molecular flexibility index (Phi) is 2.51. The number of hydrogen-bond donors (Lipinski definition) is 0. The summed E-state index contributed by atoms with van der Waals surface area (Å²) in [4.78, 5) is 10.9. The minimum atomic E-state index is -0.112. The maximum Gasteiger partial charge on any atom is 0.224 e. The molecule has 0 amide bonds. The highest BCUT2D eigenvalue weighted by Gasteiger charge is 2.47. The van der Waals surface area contributed by atoms with E-state index in [0.29, 0.717) is 0 Å². The topological polar surface area (TPSA) is 59.7 Å². The lowest BCUT2D eigenvalue weighted by Gasteiger charge is -2.49. The van der Waals surface area contributed by atoms with Crippen LogP contribution in [-0.2, 0) is 5.54 Å². The van der Waals surface area contributed by atoms with Crippen LogP contribution in [0.1, 0.15) is 38.4 Å². The normalized spacial score (nSPS) is 24.0. The average molecular weight is 291 g/mol. The predicted molar refractivity (Wildman–Crippen MR) is 75.1 cm³/mol. The average Bonchev–Trinajstić information content (AvgIpc) is 2.97. The summed E-state index contributed by atoms with van der Waals surface area (Å²) in [5.74, 6) is 1.90. The smallest absolute Gasteiger partial charge is 0.224 e. The number of hydrogen-bond acceptors (Lipinski definition) is 5. The van der Waals surface area contributed by atoms with Crippen LogP contribution in [0.15, 0.2) is 12.5 Å². The first-order valence-corrected chi connectivity index (χ1v) is 7.35. The van der Waals surface area contributed by atoms with Gasteiger partial charge in [-0.1, -0.05) is 6.92 Å². The van der Waals surface area contributed by atoms with E-state index < -0.39 is 0 Å². The fourth-order valence-electron chi connectivity index (χ4n) is 3.55. The molecule has 1 atom stereocenters. The summed E-state index contributed by atoms with van der Waals surface area (Å²) < 4.78 is 2.01. The molecule has 0 radical (unpaired) electrons. The van der Waals surface area contributed by atoms with E-state index in [0.717, 1.165) is 43.1 Å². The molecule has 20 heavy (non-hydrogen) atoms. The molecule has 2 aromatic rings. The molecule has 0 spiro atoms.